The highest BCUT2D eigenvalue weighted by atomic mass is 16.5. The predicted molar refractivity (Wildman–Crippen MR) is 128 cm³/mol. The van der Waals surface area contributed by atoms with Crippen LogP contribution in [-0.2, 0) is 4.79 Å². The molecular formula is C27H26N2O2. The van der Waals surface area contributed by atoms with Crippen molar-refractivity contribution in [3.05, 3.63) is 102 Å². The van der Waals surface area contributed by atoms with Gasteiger partial charge in [0, 0.05) is 31.0 Å². The van der Waals surface area contributed by atoms with Crippen LogP contribution in [0, 0.1) is 0 Å². The van der Waals surface area contributed by atoms with Gasteiger partial charge in [0.2, 0.25) is 0 Å². The Balaban J connectivity index is 1.73. The van der Waals surface area contributed by atoms with E-state index in [-0.39, 0.29) is 5.91 Å². The van der Waals surface area contributed by atoms with Crippen molar-refractivity contribution >= 4 is 29.1 Å². The Morgan fingerprint density at radius 2 is 1.58 bits per heavy atom. The average molecular weight is 411 g/mol. The van der Waals surface area contributed by atoms with E-state index in [1.54, 1.807) is 4.90 Å². The van der Waals surface area contributed by atoms with Crippen molar-refractivity contribution in [2.45, 2.75) is 6.92 Å². The molecule has 0 fully saturated rings. The van der Waals surface area contributed by atoms with Crippen LogP contribution < -0.4 is 14.5 Å². The molecule has 0 spiro atoms. The molecule has 0 N–H and O–H groups in total. The number of hydrogen-bond acceptors (Lipinski definition) is 3. The van der Waals surface area contributed by atoms with Crippen LogP contribution in [0.1, 0.15) is 18.1 Å². The molecule has 1 aliphatic rings. The molecule has 4 nitrogen and oxygen atoms in total. The molecule has 3 aromatic carbocycles. The second-order valence-corrected chi connectivity index (χ2v) is 7.55. The van der Waals surface area contributed by atoms with Crippen LogP contribution in [-0.4, -0.2) is 26.6 Å². The fourth-order valence-corrected chi connectivity index (χ4v) is 3.60. The van der Waals surface area contributed by atoms with E-state index in [4.69, 9.17) is 4.74 Å². The topological polar surface area (TPSA) is 32.8 Å². The number of carbonyl (C=O) groups excluding carboxylic acids is 1. The summed E-state index contributed by atoms with van der Waals surface area (Å²) in [5.74, 6) is 0.788. The number of nitrogens with zero attached hydrogens (tertiary/aromatic N) is 2. The lowest BCUT2D eigenvalue weighted by molar-refractivity contribution is -0.113. The summed E-state index contributed by atoms with van der Waals surface area (Å²) in [6.07, 6.45) is 3.89. The third-order valence-electron chi connectivity index (χ3n) is 5.19. The molecule has 1 amide bonds. The predicted octanol–water partition coefficient (Wildman–Crippen LogP) is 5.62. The Bertz CT molecular complexity index is 1110. The van der Waals surface area contributed by atoms with Gasteiger partial charge in [0.05, 0.1) is 12.3 Å². The minimum atomic E-state index is -0.0367. The van der Waals surface area contributed by atoms with Gasteiger partial charge < -0.3 is 9.64 Å². The smallest absolute Gasteiger partial charge is 0.262 e. The maximum atomic E-state index is 13.5. The second kappa shape index (κ2) is 8.92. The summed E-state index contributed by atoms with van der Waals surface area (Å²) in [7, 11) is 4.01. The lowest BCUT2D eigenvalue weighted by Gasteiger charge is -2.22. The van der Waals surface area contributed by atoms with Crippen molar-refractivity contribution < 1.29 is 9.53 Å². The number of benzene rings is 3. The van der Waals surface area contributed by atoms with Crippen molar-refractivity contribution in [2.75, 3.05) is 30.5 Å². The van der Waals surface area contributed by atoms with Gasteiger partial charge in [-0.15, -0.1) is 0 Å². The zero-order valence-electron chi connectivity index (χ0n) is 18.1. The summed E-state index contributed by atoms with van der Waals surface area (Å²) < 4.78 is 5.52. The van der Waals surface area contributed by atoms with Gasteiger partial charge in [0.15, 0.2) is 0 Å². The Morgan fingerprint density at radius 3 is 2.19 bits per heavy atom. The fraction of sp³-hybridized carbons (Fsp3) is 0.148. The van der Waals surface area contributed by atoms with Gasteiger partial charge in [-0.1, -0.05) is 42.5 Å². The van der Waals surface area contributed by atoms with Gasteiger partial charge in [-0.2, -0.15) is 0 Å². The summed E-state index contributed by atoms with van der Waals surface area (Å²) >= 11 is 0. The maximum Gasteiger partial charge on any atom is 0.262 e. The minimum Gasteiger partial charge on any atom is -0.494 e. The molecular weight excluding hydrogens is 384 g/mol. The number of hydrogen-bond donors (Lipinski definition) is 0. The summed E-state index contributed by atoms with van der Waals surface area (Å²) in [4.78, 5) is 17.3. The maximum absolute atomic E-state index is 13.5. The zero-order chi connectivity index (χ0) is 21.8. The van der Waals surface area contributed by atoms with Crippen molar-refractivity contribution in [3.8, 4) is 5.75 Å². The second-order valence-electron chi connectivity index (χ2n) is 7.55. The first kappa shape index (κ1) is 20.5. The molecule has 31 heavy (non-hydrogen) atoms. The van der Waals surface area contributed by atoms with Crippen molar-refractivity contribution in [1.82, 2.24) is 0 Å². The fourth-order valence-electron chi connectivity index (χ4n) is 3.60. The molecule has 0 unspecified atom stereocenters. The van der Waals surface area contributed by atoms with E-state index < -0.39 is 0 Å². The summed E-state index contributed by atoms with van der Waals surface area (Å²) in [6, 6.07) is 25.8. The molecule has 4 rings (SSSR count). The van der Waals surface area contributed by atoms with Crippen molar-refractivity contribution in [2.24, 2.45) is 0 Å². The molecule has 0 aromatic heterocycles. The molecule has 4 heteroatoms. The van der Waals surface area contributed by atoms with Crippen molar-refractivity contribution in [3.63, 3.8) is 0 Å². The number of ether oxygens (including phenoxy) is 1. The lowest BCUT2D eigenvalue weighted by Crippen LogP contribution is -2.25. The molecule has 0 atom stereocenters. The highest BCUT2D eigenvalue weighted by molar-refractivity contribution is 6.23. The van der Waals surface area contributed by atoms with Gasteiger partial charge in [0.25, 0.3) is 5.91 Å². The van der Waals surface area contributed by atoms with Crippen LogP contribution in [0.4, 0.5) is 11.4 Å². The first-order chi connectivity index (χ1) is 15.1. The summed E-state index contributed by atoms with van der Waals surface area (Å²) in [5, 5.41) is 0. The lowest BCUT2D eigenvalue weighted by atomic mass is 10.1. The molecule has 0 bridgehead atoms. The highest BCUT2D eigenvalue weighted by Crippen LogP contribution is 2.36. The Morgan fingerprint density at radius 1 is 0.903 bits per heavy atom. The van der Waals surface area contributed by atoms with Gasteiger partial charge in [0.1, 0.15) is 5.75 Å². The molecule has 3 aromatic rings. The number of anilines is 2. The molecule has 1 aliphatic heterocycles. The standard InChI is InChI=1S/C27H26N2O2/c1-4-31-25-16-10-20(11-17-25)18-22-19-26(21-8-6-5-7-9-21)29(27(22)30)24-14-12-23(13-15-24)28(2)3/h5-19H,4H2,1-3H3/b22-18+. The number of rotatable bonds is 6. The molecule has 0 saturated heterocycles. The normalized spacial score (nSPS) is 14.7. The van der Waals surface area contributed by atoms with E-state index in [1.165, 1.54) is 0 Å². The molecule has 0 radical (unpaired) electrons. The third-order valence-corrected chi connectivity index (χ3v) is 5.19. The van der Waals surface area contributed by atoms with Crippen LogP contribution in [0.15, 0.2) is 90.5 Å². The third kappa shape index (κ3) is 4.38. The van der Waals surface area contributed by atoms with Crippen LogP contribution in [0.5, 0.6) is 5.75 Å². The first-order valence-corrected chi connectivity index (χ1v) is 10.4. The molecule has 156 valence electrons. The van der Waals surface area contributed by atoms with E-state index in [0.29, 0.717) is 12.2 Å². The van der Waals surface area contributed by atoms with Gasteiger partial charge >= 0.3 is 0 Å². The minimum absolute atomic E-state index is 0.0367. The van der Waals surface area contributed by atoms with Gasteiger partial charge in [-0.25, -0.2) is 0 Å². The van der Waals surface area contributed by atoms with Crippen LogP contribution in [0.2, 0.25) is 0 Å². The van der Waals surface area contributed by atoms with Crippen LogP contribution >= 0.6 is 0 Å². The van der Waals surface area contributed by atoms with Crippen molar-refractivity contribution in [1.29, 1.82) is 0 Å². The quantitative estimate of drug-likeness (QED) is 0.494. The molecule has 0 saturated carbocycles. The molecule has 0 aliphatic carbocycles. The Kier molecular flexibility index (Phi) is 5.89. The number of carbonyl (C=O) groups is 1. The largest absolute Gasteiger partial charge is 0.494 e. The van der Waals surface area contributed by atoms with E-state index in [0.717, 1.165) is 33.9 Å². The SMILES string of the molecule is CCOc1ccc(/C=C2\C=C(c3ccccc3)N(c3ccc(N(C)C)cc3)C2=O)cc1. The summed E-state index contributed by atoms with van der Waals surface area (Å²) in [5.41, 5.74) is 5.43. The van der Waals surface area contributed by atoms with Crippen LogP contribution in [0.25, 0.3) is 11.8 Å². The van der Waals surface area contributed by atoms with E-state index in [2.05, 4.69) is 0 Å². The van der Waals surface area contributed by atoms with Crippen LogP contribution in [0.3, 0.4) is 0 Å². The number of amides is 1. The van der Waals surface area contributed by atoms with E-state index >= 15 is 0 Å². The zero-order valence-corrected chi connectivity index (χ0v) is 18.1. The Labute approximate surface area is 183 Å². The Hall–Kier alpha value is -3.79. The van der Waals surface area contributed by atoms with E-state index in [9.17, 15) is 4.79 Å². The highest BCUT2D eigenvalue weighted by Gasteiger charge is 2.30. The van der Waals surface area contributed by atoms with Gasteiger partial charge in [-0.05, 0) is 66.6 Å². The van der Waals surface area contributed by atoms with E-state index in [1.807, 2.05) is 117 Å². The first-order valence-electron chi connectivity index (χ1n) is 10.4. The monoisotopic (exact) mass is 410 g/mol. The average Bonchev–Trinajstić information content (AvgIpc) is 3.12. The van der Waals surface area contributed by atoms with Gasteiger partial charge in [-0.3, -0.25) is 9.69 Å². The summed E-state index contributed by atoms with van der Waals surface area (Å²) in [6.45, 7) is 2.59. The molecule has 1 heterocycles.